The molecule has 0 aromatic heterocycles. The summed E-state index contributed by atoms with van der Waals surface area (Å²) in [4.78, 5) is 22.3. The number of oxime groups is 1. The molecule has 62 heavy (non-hydrogen) atoms. The second-order valence-electron chi connectivity index (χ2n) is 19.4. The minimum absolute atomic E-state index is 0.0144. The summed E-state index contributed by atoms with van der Waals surface area (Å²) in [6.07, 6.45) is -6.77. The Balaban J connectivity index is 1.80. The molecule has 15 heteroatoms. The summed E-state index contributed by atoms with van der Waals surface area (Å²) >= 11 is 0. The van der Waals surface area contributed by atoms with Gasteiger partial charge in [0.25, 0.3) is 0 Å². The van der Waals surface area contributed by atoms with Crippen LogP contribution in [0, 0.1) is 23.7 Å². The second-order valence-corrected chi connectivity index (χ2v) is 19.4. The van der Waals surface area contributed by atoms with E-state index in [0.29, 0.717) is 18.7 Å². The number of rotatable bonds is 13. The van der Waals surface area contributed by atoms with Crippen molar-refractivity contribution < 1.29 is 63.6 Å². The van der Waals surface area contributed by atoms with Crippen molar-refractivity contribution >= 4 is 11.7 Å². The van der Waals surface area contributed by atoms with Crippen molar-refractivity contribution in [3.8, 4) is 0 Å². The van der Waals surface area contributed by atoms with E-state index in [2.05, 4.69) is 17.3 Å². The van der Waals surface area contributed by atoms with Crippen LogP contribution >= 0.6 is 0 Å². The van der Waals surface area contributed by atoms with Gasteiger partial charge < -0.3 is 63.7 Å². The van der Waals surface area contributed by atoms with Gasteiger partial charge in [-0.15, -0.1) is 0 Å². The number of carbonyl (C=O) groups is 1. The Bertz CT molecular complexity index is 1560. The maximum atomic E-state index is 14.4. The standard InChI is InChI=1S/C47H80N2O13/c1-14-35-47(10,55)40(51)29(4)37(48-57-23-19-18-22-33-20-16-15-17-21-33)27(2)25-45(8,54)42(62-44-38(50)34(49(11)12)24-28(3)58-44)30(5)39(31(6)43(53)60-35)61-36-26-46(9,56-13)41(52)32(7)59-36/h15-17,20-21,27-32,34-36,38-42,44,50-52,54-55H,14,18-19,22-26H2,1-13H3/b48-37+/t27-,28-,29-,30+,31-,32+,34+,35+,36?,38-,39+,40-,41+,42-,44+,45?,46-,47-/m1/s1. The molecule has 18 atom stereocenters. The van der Waals surface area contributed by atoms with Crippen molar-refractivity contribution in [1.82, 2.24) is 4.90 Å². The third-order valence-electron chi connectivity index (χ3n) is 13.8. The van der Waals surface area contributed by atoms with Gasteiger partial charge in [-0.05, 0) is 99.7 Å². The van der Waals surface area contributed by atoms with E-state index in [4.69, 9.17) is 33.3 Å². The number of methoxy groups -OCH3 is 1. The third kappa shape index (κ3) is 12.5. The van der Waals surface area contributed by atoms with E-state index in [1.165, 1.54) is 19.6 Å². The van der Waals surface area contributed by atoms with E-state index in [-0.39, 0.29) is 31.4 Å². The zero-order valence-corrected chi connectivity index (χ0v) is 39.6. The highest BCUT2D eigenvalue weighted by Gasteiger charge is 2.53. The van der Waals surface area contributed by atoms with Crippen LogP contribution < -0.4 is 0 Å². The van der Waals surface area contributed by atoms with Gasteiger partial charge in [0, 0.05) is 37.3 Å². The molecule has 356 valence electrons. The van der Waals surface area contributed by atoms with Gasteiger partial charge in [0.2, 0.25) is 0 Å². The minimum Gasteiger partial charge on any atom is -0.459 e. The maximum absolute atomic E-state index is 14.4. The maximum Gasteiger partial charge on any atom is 0.311 e. The Labute approximate surface area is 370 Å². The molecule has 3 fully saturated rings. The molecule has 0 saturated carbocycles. The zero-order valence-electron chi connectivity index (χ0n) is 39.6. The fourth-order valence-electron chi connectivity index (χ4n) is 9.85. The normalized spacial score (nSPS) is 43.6. The number of carbonyl (C=O) groups excluding carboxylic acids is 1. The number of aliphatic hydroxyl groups is 5. The Hall–Kier alpha value is -2.28. The molecule has 0 radical (unpaired) electrons. The molecular formula is C47H80N2O13. The number of likely N-dealkylation sites (N-methyl/N-ethyl adjacent to an activating group) is 1. The molecule has 3 saturated heterocycles. The Morgan fingerprint density at radius 1 is 0.887 bits per heavy atom. The molecule has 0 aliphatic carbocycles. The van der Waals surface area contributed by atoms with Crippen molar-refractivity contribution in [2.45, 2.75) is 198 Å². The van der Waals surface area contributed by atoms with Gasteiger partial charge in [-0.3, -0.25) is 4.79 Å². The number of hydrogen-bond acceptors (Lipinski definition) is 15. The highest BCUT2D eigenvalue weighted by atomic mass is 16.7. The molecule has 4 rings (SSSR count). The summed E-state index contributed by atoms with van der Waals surface area (Å²) in [5.41, 5.74) is -3.11. The van der Waals surface area contributed by atoms with Crippen LogP contribution in [-0.4, -0.2) is 154 Å². The van der Waals surface area contributed by atoms with Crippen LogP contribution in [0.5, 0.6) is 0 Å². The third-order valence-corrected chi connectivity index (χ3v) is 13.8. The molecular weight excluding hydrogens is 801 g/mol. The lowest BCUT2D eigenvalue weighted by Gasteiger charge is -2.49. The molecule has 3 heterocycles. The first-order valence-corrected chi connectivity index (χ1v) is 22.7. The number of benzene rings is 1. The Kier molecular flexibility index (Phi) is 18.8. The van der Waals surface area contributed by atoms with Crippen molar-refractivity contribution in [2.24, 2.45) is 28.8 Å². The topological polar surface area (TPSA) is 198 Å². The van der Waals surface area contributed by atoms with Gasteiger partial charge in [-0.1, -0.05) is 63.2 Å². The predicted molar refractivity (Wildman–Crippen MR) is 234 cm³/mol. The van der Waals surface area contributed by atoms with E-state index >= 15 is 0 Å². The van der Waals surface area contributed by atoms with Crippen LogP contribution in [0.15, 0.2) is 35.5 Å². The number of esters is 1. The van der Waals surface area contributed by atoms with E-state index in [1.54, 1.807) is 48.5 Å². The zero-order chi connectivity index (χ0) is 46.3. The van der Waals surface area contributed by atoms with Gasteiger partial charge in [0.1, 0.15) is 30.5 Å². The van der Waals surface area contributed by atoms with Crippen LogP contribution in [0.3, 0.4) is 0 Å². The van der Waals surface area contributed by atoms with Crippen molar-refractivity contribution in [1.29, 1.82) is 0 Å². The van der Waals surface area contributed by atoms with Crippen LogP contribution in [0.4, 0.5) is 0 Å². The average molecular weight is 881 g/mol. The summed E-state index contributed by atoms with van der Waals surface area (Å²) < 4.78 is 37.9. The van der Waals surface area contributed by atoms with E-state index in [1.807, 2.05) is 51.0 Å². The first-order valence-electron chi connectivity index (χ1n) is 22.7. The van der Waals surface area contributed by atoms with Gasteiger partial charge in [0.15, 0.2) is 12.6 Å². The number of cyclic esters (lactones) is 1. The fraction of sp³-hybridized carbons (Fsp3) is 0.830. The Morgan fingerprint density at radius 2 is 1.55 bits per heavy atom. The van der Waals surface area contributed by atoms with Gasteiger partial charge in [-0.2, -0.15) is 0 Å². The summed E-state index contributed by atoms with van der Waals surface area (Å²) in [6, 6.07) is 9.86. The predicted octanol–water partition coefficient (Wildman–Crippen LogP) is 4.61. The number of unbranched alkanes of at least 4 members (excludes halogenated alkanes) is 1. The van der Waals surface area contributed by atoms with E-state index < -0.39 is 102 Å². The molecule has 0 amide bonds. The second kappa shape index (κ2) is 22.3. The monoisotopic (exact) mass is 881 g/mol. The highest BCUT2D eigenvalue weighted by Crippen LogP contribution is 2.41. The highest BCUT2D eigenvalue weighted by molar-refractivity contribution is 5.88. The van der Waals surface area contributed by atoms with Crippen LogP contribution in [-0.2, 0) is 44.5 Å². The number of ether oxygens (including phenoxy) is 6. The summed E-state index contributed by atoms with van der Waals surface area (Å²) in [7, 11) is 5.25. The molecule has 1 aromatic rings. The fourth-order valence-corrected chi connectivity index (χ4v) is 9.85. The SMILES string of the molecule is CC[C@@H]1OC(=O)[C@H](C)[C@@H](OC2C[C@@](C)(OC)[C@@H](O)[C@H](C)O2)[C@H](C)[C@@H](O[C@@H]2O[C@H](C)C[C@H](N(C)C)[C@H]2O)C(C)(O)C[C@@H](C)/C(=N\OCCCCc2ccccc2)[C@@H](C)[C@@H](O)[C@]1(C)O. The smallest absolute Gasteiger partial charge is 0.311 e. The number of hydrogen-bond donors (Lipinski definition) is 5. The van der Waals surface area contributed by atoms with E-state index in [9.17, 15) is 30.3 Å². The van der Waals surface area contributed by atoms with Crippen LogP contribution in [0.1, 0.15) is 113 Å². The number of aryl methyl sites for hydroxylation is 1. The molecule has 2 unspecified atom stereocenters. The summed E-state index contributed by atoms with van der Waals surface area (Å²) in [5.74, 6) is -3.98. The molecule has 0 bridgehead atoms. The summed E-state index contributed by atoms with van der Waals surface area (Å²) in [5, 5.41) is 64.3. The van der Waals surface area contributed by atoms with Crippen LogP contribution in [0.25, 0.3) is 0 Å². The first kappa shape index (κ1) is 52.3. The quantitative estimate of drug-likeness (QED) is 0.105. The minimum atomic E-state index is -1.94. The van der Waals surface area contributed by atoms with Crippen molar-refractivity contribution in [2.75, 3.05) is 27.8 Å². The van der Waals surface area contributed by atoms with Crippen molar-refractivity contribution in [3.63, 3.8) is 0 Å². The summed E-state index contributed by atoms with van der Waals surface area (Å²) in [6.45, 7) is 17.6. The van der Waals surface area contributed by atoms with Gasteiger partial charge >= 0.3 is 5.97 Å². The number of aliphatic hydroxyl groups excluding tert-OH is 3. The largest absolute Gasteiger partial charge is 0.459 e. The van der Waals surface area contributed by atoms with Gasteiger partial charge in [0.05, 0.1) is 53.4 Å². The average Bonchev–Trinajstić information content (AvgIpc) is 3.22. The lowest BCUT2D eigenvalue weighted by molar-refractivity contribution is -0.317. The molecule has 3 aliphatic rings. The lowest BCUT2D eigenvalue weighted by atomic mass is 9.73. The molecule has 5 N–H and O–H groups in total. The van der Waals surface area contributed by atoms with Gasteiger partial charge in [-0.25, -0.2) is 0 Å². The Morgan fingerprint density at radius 3 is 2.16 bits per heavy atom. The van der Waals surface area contributed by atoms with Crippen LogP contribution in [0.2, 0.25) is 0 Å². The first-order chi connectivity index (χ1) is 29.0. The molecule has 3 aliphatic heterocycles. The lowest BCUT2D eigenvalue weighted by Crippen LogP contribution is -2.61. The van der Waals surface area contributed by atoms with E-state index in [0.717, 1.165) is 19.3 Å². The molecule has 15 nitrogen and oxygen atoms in total. The van der Waals surface area contributed by atoms with Crippen molar-refractivity contribution in [3.05, 3.63) is 35.9 Å². The molecule has 1 aromatic carbocycles. The number of nitrogens with zero attached hydrogens (tertiary/aromatic N) is 2. The molecule has 0 spiro atoms.